The molecule has 2 unspecified atom stereocenters. The van der Waals surface area contributed by atoms with Crippen LogP contribution in [0, 0.1) is 5.92 Å². The molecular formula is C13H17ClO4S. The molecule has 6 heteroatoms. The van der Waals surface area contributed by atoms with Crippen LogP contribution in [0.3, 0.4) is 0 Å². The summed E-state index contributed by atoms with van der Waals surface area (Å²) in [6.45, 7) is 3.05. The maximum Gasteiger partial charge on any atom is 0.309 e. The highest BCUT2D eigenvalue weighted by Gasteiger charge is 2.32. The second-order valence-corrected chi connectivity index (χ2v) is 7.18. The summed E-state index contributed by atoms with van der Waals surface area (Å²) >= 11 is 5.95. The van der Waals surface area contributed by atoms with E-state index < -0.39 is 27.0 Å². The molecule has 0 fully saturated rings. The van der Waals surface area contributed by atoms with Gasteiger partial charge in [0.1, 0.15) is 0 Å². The highest BCUT2D eigenvalue weighted by Crippen LogP contribution is 2.23. The molecule has 0 radical (unpaired) electrons. The molecule has 1 aromatic rings. The normalized spacial score (nSPS) is 14.7. The van der Waals surface area contributed by atoms with Crippen LogP contribution in [0.25, 0.3) is 0 Å². The molecule has 0 saturated carbocycles. The Morgan fingerprint density at radius 1 is 1.32 bits per heavy atom. The third-order valence-corrected chi connectivity index (χ3v) is 5.78. The van der Waals surface area contributed by atoms with Crippen LogP contribution in [0.5, 0.6) is 0 Å². The second-order valence-electron chi connectivity index (χ2n) is 4.42. The zero-order chi connectivity index (χ0) is 14.6. The van der Waals surface area contributed by atoms with E-state index in [-0.39, 0.29) is 5.75 Å². The maximum absolute atomic E-state index is 12.2. The van der Waals surface area contributed by atoms with Crippen LogP contribution in [0.15, 0.2) is 24.3 Å². The van der Waals surface area contributed by atoms with Gasteiger partial charge >= 0.3 is 5.97 Å². The van der Waals surface area contributed by atoms with Crippen LogP contribution in [-0.4, -0.2) is 26.7 Å². The van der Waals surface area contributed by atoms with Crippen molar-refractivity contribution in [2.75, 3.05) is 7.11 Å². The lowest BCUT2D eigenvalue weighted by Gasteiger charge is -2.18. The summed E-state index contributed by atoms with van der Waals surface area (Å²) in [4.78, 5) is 11.4. The zero-order valence-corrected chi connectivity index (χ0v) is 12.7. The summed E-state index contributed by atoms with van der Waals surface area (Å²) in [7, 11) is -2.23. The predicted octanol–water partition coefficient (Wildman–Crippen LogP) is 2.45. The van der Waals surface area contributed by atoms with Crippen molar-refractivity contribution >= 4 is 27.4 Å². The summed E-state index contributed by atoms with van der Waals surface area (Å²) in [5, 5.41) is -0.416. The average Bonchev–Trinajstić information content (AvgIpc) is 2.38. The van der Waals surface area contributed by atoms with E-state index in [1.165, 1.54) is 14.0 Å². The topological polar surface area (TPSA) is 60.4 Å². The van der Waals surface area contributed by atoms with E-state index >= 15 is 0 Å². The van der Waals surface area contributed by atoms with Gasteiger partial charge in [-0.3, -0.25) is 4.79 Å². The summed E-state index contributed by atoms with van der Waals surface area (Å²) < 4.78 is 29.1. The first-order chi connectivity index (χ1) is 8.79. The zero-order valence-electron chi connectivity index (χ0n) is 11.1. The fourth-order valence-electron chi connectivity index (χ4n) is 1.65. The van der Waals surface area contributed by atoms with E-state index in [4.69, 9.17) is 11.6 Å². The second kappa shape index (κ2) is 6.39. The standard InChI is InChI=1S/C13H17ClO4S/c1-9(13(15)18-3)10(2)19(16,17)8-11-6-4-5-7-12(11)14/h4-7,9-10H,8H2,1-3H3. The van der Waals surface area contributed by atoms with Gasteiger partial charge < -0.3 is 4.74 Å². The molecule has 0 saturated heterocycles. The lowest BCUT2D eigenvalue weighted by atomic mass is 10.1. The predicted molar refractivity (Wildman–Crippen MR) is 74.7 cm³/mol. The van der Waals surface area contributed by atoms with Crippen molar-refractivity contribution in [3.63, 3.8) is 0 Å². The minimum atomic E-state index is -3.48. The van der Waals surface area contributed by atoms with Crippen LogP contribution in [0.4, 0.5) is 0 Å². The molecule has 19 heavy (non-hydrogen) atoms. The molecule has 0 aliphatic heterocycles. The van der Waals surface area contributed by atoms with E-state index in [9.17, 15) is 13.2 Å². The van der Waals surface area contributed by atoms with Crippen molar-refractivity contribution in [3.8, 4) is 0 Å². The first kappa shape index (κ1) is 16.0. The van der Waals surface area contributed by atoms with Gasteiger partial charge in [0.2, 0.25) is 0 Å². The number of esters is 1. The lowest BCUT2D eigenvalue weighted by molar-refractivity contribution is -0.144. The summed E-state index contributed by atoms with van der Waals surface area (Å²) in [5.74, 6) is -1.43. The minimum Gasteiger partial charge on any atom is -0.469 e. The van der Waals surface area contributed by atoms with E-state index in [2.05, 4.69) is 4.74 Å². The van der Waals surface area contributed by atoms with Crippen LogP contribution in [0.1, 0.15) is 19.4 Å². The van der Waals surface area contributed by atoms with Crippen molar-refractivity contribution in [2.45, 2.75) is 24.9 Å². The number of sulfone groups is 1. The number of benzene rings is 1. The van der Waals surface area contributed by atoms with Gasteiger partial charge in [-0.1, -0.05) is 36.7 Å². The third kappa shape index (κ3) is 3.94. The van der Waals surface area contributed by atoms with Gasteiger partial charge in [0, 0.05) is 5.02 Å². The van der Waals surface area contributed by atoms with E-state index in [1.54, 1.807) is 31.2 Å². The first-order valence-corrected chi connectivity index (χ1v) is 7.91. The fourth-order valence-corrected chi connectivity index (χ4v) is 3.62. The lowest BCUT2D eigenvalue weighted by Crippen LogP contribution is -2.32. The SMILES string of the molecule is COC(=O)C(C)C(C)S(=O)(=O)Cc1ccccc1Cl. The molecule has 0 aromatic heterocycles. The smallest absolute Gasteiger partial charge is 0.309 e. The Kier molecular flexibility index (Phi) is 5.38. The number of carbonyl (C=O) groups is 1. The van der Waals surface area contributed by atoms with Crippen molar-refractivity contribution in [3.05, 3.63) is 34.9 Å². The molecule has 0 aliphatic carbocycles. The molecule has 0 heterocycles. The first-order valence-electron chi connectivity index (χ1n) is 5.82. The molecule has 0 spiro atoms. The van der Waals surface area contributed by atoms with Gasteiger partial charge in [-0.25, -0.2) is 8.42 Å². The summed E-state index contributed by atoms with van der Waals surface area (Å²) in [6.07, 6.45) is 0. The Bertz CT molecular complexity index is 554. The molecule has 0 bridgehead atoms. The number of methoxy groups -OCH3 is 1. The maximum atomic E-state index is 12.2. The molecule has 106 valence electrons. The molecular weight excluding hydrogens is 288 g/mol. The number of hydrogen-bond acceptors (Lipinski definition) is 4. The average molecular weight is 305 g/mol. The molecule has 4 nitrogen and oxygen atoms in total. The quantitative estimate of drug-likeness (QED) is 0.784. The van der Waals surface area contributed by atoms with Crippen LogP contribution in [0.2, 0.25) is 5.02 Å². The molecule has 2 atom stereocenters. The third-order valence-electron chi connectivity index (χ3n) is 3.16. The summed E-state index contributed by atoms with van der Waals surface area (Å²) in [5.41, 5.74) is 0.535. The minimum absolute atomic E-state index is 0.185. The van der Waals surface area contributed by atoms with Crippen molar-refractivity contribution in [1.29, 1.82) is 0 Å². The number of hydrogen-bond donors (Lipinski definition) is 0. The fraction of sp³-hybridized carbons (Fsp3) is 0.462. The van der Waals surface area contributed by atoms with Crippen molar-refractivity contribution in [1.82, 2.24) is 0 Å². The Morgan fingerprint density at radius 2 is 1.89 bits per heavy atom. The molecule has 1 rings (SSSR count). The van der Waals surface area contributed by atoms with E-state index in [0.29, 0.717) is 10.6 Å². The van der Waals surface area contributed by atoms with Crippen molar-refractivity contribution in [2.24, 2.45) is 5.92 Å². The molecule has 0 aliphatic rings. The Morgan fingerprint density at radius 3 is 2.42 bits per heavy atom. The molecule has 0 amide bonds. The van der Waals surface area contributed by atoms with Crippen LogP contribution in [-0.2, 0) is 25.1 Å². The Hall–Kier alpha value is -1.07. The Labute approximate surface area is 118 Å². The molecule has 1 aromatic carbocycles. The van der Waals surface area contributed by atoms with E-state index in [0.717, 1.165) is 0 Å². The number of halogens is 1. The summed E-state index contributed by atoms with van der Waals surface area (Å²) in [6, 6.07) is 6.76. The van der Waals surface area contributed by atoms with E-state index in [1.807, 2.05) is 0 Å². The van der Waals surface area contributed by atoms with Gasteiger partial charge in [0.05, 0.1) is 24.0 Å². The number of carbonyl (C=O) groups excluding carboxylic acids is 1. The van der Waals surface area contributed by atoms with Crippen molar-refractivity contribution < 1.29 is 17.9 Å². The van der Waals surface area contributed by atoms with Crippen LogP contribution < -0.4 is 0 Å². The highest BCUT2D eigenvalue weighted by molar-refractivity contribution is 7.91. The van der Waals surface area contributed by atoms with Gasteiger partial charge in [0.25, 0.3) is 0 Å². The molecule has 0 N–H and O–H groups in total. The Balaban J connectivity index is 2.93. The van der Waals surface area contributed by atoms with Gasteiger partial charge in [-0.05, 0) is 18.6 Å². The van der Waals surface area contributed by atoms with Crippen LogP contribution >= 0.6 is 11.6 Å². The van der Waals surface area contributed by atoms with Gasteiger partial charge in [-0.15, -0.1) is 0 Å². The van der Waals surface area contributed by atoms with Gasteiger partial charge in [0.15, 0.2) is 9.84 Å². The highest BCUT2D eigenvalue weighted by atomic mass is 35.5. The largest absolute Gasteiger partial charge is 0.469 e. The monoisotopic (exact) mass is 304 g/mol. The number of rotatable bonds is 5. The number of ether oxygens (including phenoxy) is 1. The van der Waals surface area contributed by atoms with Gasteiger partial charge in [-0.2, -0.15) is 0 Å².